The van der Waals surface area contributed by atoms with E-state index in [4.69, 9.17) is 21.4 Å². The number of rotatable bonds is 14. The summed E-state index contributed by atoms with van der Waals surface area (Å²) in [5.41, 5.74) is 2.26. The highest BCUT2D eigenvalue weighted by molar-refractivity contribution is 6.21. The van der Waals surface area contributed by atoms with Gasteiger partial charge in [-0.15, -0.1) is 11.6 Å². The van der Waals surface area contributed by atoms with Gasteiger partial charge in [-0.25, -0.2) is 0 Å². The molecule has 2 rings (SSSR count). The van der Waals surface area contributed by atoms with Crippen LogP contribution in [0.3, 0.4) is 0 Å². The second-order valence-corrected chi connectivity index (χ2v) is 9.04. The lowest BCUT2D eigenvalue weighted by Gasteiger charge is -2.19. The number of alkyl halides is 1. The van der Waals surface area contributed by atoms with Crippen LogP contribution in [0.25, 0.3) is 0 Å². The van der Waals surface area contributed by atoms with Crippen LogP contribution in [0.5, 0.6) is 0 Å². The van der Waals surface area contributed by atoms with Crippen LogP contribution >= 0.6 is 11.6 Å². The fourth-order valence-electron chi connectivity index (χ4n) is 4.22. The maximum atomic E-state index is 10.6. The van der Waals surface area contributed by atoms with Crippen molar-refractivity contribution in [1.29, 1.82) is 0 Å². The van der Waals surface area contributed by atoms with Gasteiger partial charge in [-0.05, 0) is 56.1 Å². The molecule has 0 amide bonds. The summed E-state index contributed by atoms with van der Waals surface area (Å²) in [6, 6.07) is 8.19. The van der Waals surface area contributed by atoms with E-state index in [1.54, 1.807) is 6.08 Å². The van der Waals surface area contributed by atoms with E-state index in [2.05, 4.69) is 12.1 Å². The van der Waals surface area contributed by atoms with Crippen molar-refractivity contribution in [3.8, 4) is 0 Å². The first-order valence-corrected chi connectivity index (χ1v) is 12.0. The Labute approximate surface area is 196 Å². The lowest BCUT2D eigenvalue weighted by molar-refractivity contribution is -0.137. The second kappa shape index (κ2) is 14.5. The first-order valence-electron chi connectivity index (χ1n) is 11.6. The first kappa shape index (κ1) is 26.6. The number of halogens is 1. The lowest BCUT2D eigenvalue weighted by atomic mass is 9.90. The van der Waals surface area contributed by atoms with Crippen LogP contribution < -0.4 is 0 Å². The number of aliphatic carboxylic acids is 1. The summed E-state index contributed by atoms with van der Waals surface area (Å²) in [4.78, 5) is 10.6. The minimum atomic E-state index is -0.779. The molecule has 0 aliphatic heterocycles. The lowest BCUT2D eigenvalue weighted by Crippen LogP contribution is -2.19. The molecule has 1 aliphatic carbocycles. The SMILES string of the molecule is CCOCCc1cccc(C[C@@H](O)C=C[C@@H]2[C@@H](CC=CCCCC(=O)O)[C@H](Cl)C[C@H]2O)c1. The molecule has 1 aromatic rings. The molecule has 0 bridgehead atoms. The molecule has 0 aromatic heterocycles. The number of aliphatic hydroxyl groups is 2. The summed E-state index contributed by atoms with van der Waals surface area (Å²) in [6.07, 6.45) is 10.7. The van der Waals surface area contributed by atoms with Crippen molar-refractivity contribution in [2.75, 3.05) is 13.2 Å². The van der Waals surface area contributed by atoms with Crippen molar-refractivity contribution >= 4 is 17.6 Å². The Morgan fingerprint density at radius 1 is 1.31 bits per heavy atom. The van der Waals surface area contributed by atoms with Gasteiger partial charge in [0.25, 0.3) is 0 Å². The van der Waals surface area contributed by atoms with Crippen molar-refractivity contribution in [3.05, 3.63) is 59.7 Å². The summed E-state index contributed by atoms with van der Waals surface area (Å²) >= 11 is 6.49. The normalized spacial score (nSPS) is 24.5. The van der Waals surface area contributed by atoms with Crippen molar-refractivity contribution in [2.45, 2.75) is 69.5 Å². The van der Waals surface area contributed by atoms with Crippen LogP contribution in [0.4, 0.5) is 0 Å². The van der Waals surface area contributed by atoms with Crippen molar-refractivity contribution in [3.63, 3.8) is 0 Å². The van der Waals surface area contributed by atoms with Gasteiger partial charge in [0.05, 0.1) is 18.8 Å². The molecule has 1 aliphatic rings. The predicted octanol–water partition coefficient (Wildman–Crippen LogP) is 4.53. The zero-order chi connectivity index (χ0) is 23.3. The van der Waals surface area contributed by atoms with E-state index in [0.717, 1.165) is 24.8 Å². The van der Waals surface area contributed by atoms with E-state index in [-0.39, 0.29) is 23.6 Å². The molecule has 1 saturated carbocycles. The molecule has 0 unspecified atom stereocenters. The van der Waals surface area contributed by atoms with Gasteiger partial charge in [-0.3, -0.25) is 4.79 Å². The topological polar surface area (TPSA) is 87.0 Å². The van der Waals surface area contributed by atoms with E-state index in [9.17, 15) is 15.0 Å². The number of hydrogen-bond acceptors (Lipinski definition) is 4. The van der Waals surface area contributed by atoms with Gasteiger partial charge >= 0.3 is 5.97 Å². The van der Waals surface area contributed by atoms with Crippen molar-refractivity contribution in [1.82, 2.24) is 0 Å². The fourth-order valence-corrected chi connectivity index (χ4v) is 4.67. The van der Waals surface area contributed by atoms with E-state index < -0.39 is 18.2 Å². The number of allylic oxidation sites excluding steroid dienone is 2. The van der Waals surface area contributed by atoms with E-state index >= 15 is 0 Å². The van der Waals surface area contributed by atoms with E-state index in [0.29, 0.717) is 32.5 Å². The Balaban J connectivity index is 1.88. The van der Waals surface area contributed by atoms with Gasteiger partial charge < -0.3 is 20.1 Å². The average Bonchev–Trinajstić information content (AvgIpc) is 3.01. The molecule has 1 fully saturated rings. The van der Waals surface area contributed by atoms with Gasteiger partial charge in [0.2, 0.25) is 0 Å². The Bertz CT molecular complexity index is 747. The van der Waals surface area contributed by atoms with Crippen molar-refractivity contribution in [2.24, 2.45) is 11.8 Å². The van der Waals surface area contributed by atoms with Crippen LogP contribution in [0, 0.1) is 11.8 Å². The molecular formula is C26H37ClO5. The summed E-state index contributed by atoms with van der Waals surface area (Å²) in [5, 5.41) is 29.6. The highest BCUT2D eigenvalue weighted by atomic mass is 35.5. The zero-order valence-electron chi connectivity index (χ0n) is 18.9. The monoisotopic (exact) mass is 464 g/mol. The van der Waals surface area contributed by atoms with Crippen LogP contribution in [-0.2, 0) is 22.4 Å². The molecule has 6 heteroatoms. The largest absolute Gasteiger partial charge is 0.481 e. The molecular weight excluding hydrogens is 428 g/mol. The molecule has 5 atom stereocenters. The maximum absolute atomic E-state index is 10.6. The fraction of sp³-hybridized carbons (Fsp3) is 0.577. The number of carboxylic acid groups (broad SMARTS) is 1. The number of benzene rings is 1. The van der Waals surface area contributed by atoms with Crippen LogP contribution in [-0.4, -0.2) is 52.1 Å². The third kappa shape index (κ3) is 9.45. The number of carboxylic acids is 1. The highest BCUT2D eigenvalue weighted by Gasteiger charge is 2.39. The molecule has 0 radical (unpaired) electrons. The van der Waals surface area contributed by atoms with Crippen LogP contribution in [0.1, 0.15) is 50.2 Å². The van der Waals surface area contributed by atoms with Crippen molar-refractivity contribution < 1.29 is 24.9 Å². The van der Waals surface area contributed by atoms with Crippen LogP contribution in [0.15, 0.2) is 48.6 Å². The Kier molecular flexibility index (Phi) is 12.0. The third-order valence-corrected chi connectivity index (χ3v) is 6.44. The number of carbonyl (C=O) groups is 1. The van der Waals surface area contributed by atoms with Crippen LogP contribution in [0.2, 0.25) is 0 Å². The first-order chi connectivity index (χ1) is 15.4. The number of hydrogen-bond donors (Lipinski definition) is 3. The molecule has 3 N–H and O–H groups in total. The van der Waals surface area contributed by atoms with Gasteiger partial charge in [0, 0.05) is 30.7 Å². The molecule has 5 nitrogen and oxygen atoms in total. The van der Waals surface area contributed by atoms with E-state index in [1.807, 2.05) is 37.3 Å². The molecule has 0 spiro atoms. The van der Waals surface area contributed by atoms with Gasteiger partial charge in [0.15, 0.2) is 0 Å². The summed E-state index contributed by atoms with van der Waals surface area (Å²) in [6.45, 7) is 3.38. The predicted molar refractivity (Wildman–Crippen MR) is 128 cm³/mol. The van der Waals surface area contributed by atoms with Gasteiger partial charge in [-0.1, -0.05) is 48.6 Å². The quantitative estimate of drug-likeness (QED) is 0.214. The molecule has 1 aromatic carbocycles. The Morgan fingerprint density at radius 2 is 2.09 bits per heavy atom. The molecule has 0 heterocycles. The minimum Gasteiger partial charge on any atom is -0.481 e. The van der Waals surface area contributed by atoms with Gasteiger partial charge in [-0.2, -0.15) is 0 Å². The molecule has 0 saturated heterocycles. The average molecular weight is 465 g/mol. The Hall–Kier alpha value is -1.66. The highest BCUT2D eigenvalue weighted by Crippen LogP contribution is 2.39. The Morgan fingerprint density at radius 3 is 2.84 bits per heavy atom. The summed E-state index contributed by atoms with van der Waals surface area (Å²) in [5.74, 6) is -0.791. The molecule has 32 heavy (non-hydrogen) atoms. The van der Waals surface area contributed by atoms with E-state index in [1.165, 1.54) is 5.56 Å². The second-order valence-electron chi connectivity index (χ2n) is 8.48. The molecule has 178 valence electrons. The number of ether oxygens (including phenoxy) is 1. The van der Waals surface area contributed by atoms with Gasteiger partial charge in [0.1, 0.15) is 0 Å². The summed E-state index contributed by atoms with van der Waals surface area (Å²) in [7, 11) is 0. The standard InChI is InChI=1S/C26H37ClO5/c1-2-32-15-14-19-8-7-9-20(16-19)17-21(28)12-13-23-22(24(27)18-25(23)29)10-5-3-4-6-11-26(30)31/h3,5,7-9,12-13,16,21-25,28-29H,2,4,6,10-11,14-15,17-18H2,1H3,(H,30,31)/t21-,22+,23+,24+,25+/m0/s1. The minimum absolute atomic E-state index is 0.0905. The number of aliphatic hydroxyl groups excluding tert-OH is 2. The smallest absolute Gasteiger partial charge is 0.303 e. The number of unbranched alkanes of at least 4 members (excludes halogenated alkanes) is 1. The third-order valence-electron chi connectivity index (χ3n) is 5.94. The zero-order valence-corrected chi connectivity index (χ0v) is 19.7. The maximum Gasteiger partial charge on any atom is 0.303 e. The summed E-state index contributed by atoms with van der Waals surface area (Å²) < 4.78 is 5.42.